The van der Waals surface area contributed by atoms with Crippen molar-refractivity contribution < 1.29 is 4.79 Å². The second-order valence-electron chi connectivity index (χ2n) is 4.73. The number of hydrogen-bond acceptors (Lipinski definition) is 3. The van der Waals surface area contributed by atoms with E-state index in [4.69, 9.17) is 0 Å². The summed E-state index contributed by atoms with van der Waals surface area (Å²) in [4.78, 5) is 18.4. The lowest BCUT2D eigenvalue weighted by Gasteiger charge is -2.38. The molecule has 4 heteroatoms. The molecular formula is C13H19N3O. The summed E-state index contributed by atoms with van der Waals surface area (Å²) in [5, 5.41) is 3.34. The molecule has 1 aliphatic rings. The Bertz CT molecular complexity index is 378. The van der Waals surface area contributed by atoms with Crippen molar-refractivity contribution in [1.82, 2.24) is 15.2 Å². The van der Waals surface area contributed by atoms with Gasteiger partial charge in [0.2, 0.25) is 0 Å². The van der Waals surface area contributed by atoms with E-state index in [0.717, 1.165) is 19.6 Å². The van der Waals surface area contributed by atoms with E-state index in [2.05, 4.69) is 24.1 Å². The summed E-state index contributed by atoms with van der Waals surface area (Å²) in [6.45, 7) is 6.79. The molecule has 1 aromatic rings. The van der Waals surface area contributed by atoms with Crippen LogP contribution in [0.3, 0.4) is 0 Å². The Hall–Kier alpha value is -1.42. The van der Waals surface area contributed by atoms with E-state index in [-0.39, 0.29) is 11.9 Å². The van der Waals surface area contributed by atoms with Crippen LogP contribution < -0.4 is 5.32 Å². The normalized spacial score (nSPS) is 20.6. The van der Waals surface area contributed by atoms with Crippen molar-refractivity contribution in [2.24, 2.45) is 5.92 Å². The molecule has 17 heavy (non-hydrogen) atoms. The lowest BCUT2D eigenvalue weighted by atomic mass is 10.00. The lowest BCUT2D eigenvalue weighted by molar-refractivity contribution is 0.0567. The topological polar surface area (TPSA) is 45.2 Å². The van der Waals surface area contributed by atoms with Gasteiger partial charge in [-0.05, 0) is 18.1 Å². The molecule has 92 valence electrons. The van der Waals surface area contributed by atoms with Gasteiger partial charge in [-0.15, -0.1) is 0 Å². The third kappa shape index (κ3) is 2.64. The predicted molar refractivity (Wildman–Crippen MR) is 66.8 cm³/mol. The molecule has 1 amide bonds. The van der Waals surface area contributed by atoms with E-state index in [1.807, 2.05) is 17.0 Å². The van der Waals surface area contributed by atoms with Crippen LogP contribution in [-0.2, 0) is 0 Å². The number of pyridine rings is 1. The van der Waals surface area contributed by atoms with Crippen molar-refractivity contribution in [3.63, 3.8) is 0 Å². The number of carbonyl (C=O) groups is 1. The van der Waals surface area contributed by atoms with E-state index in [1.165, 1.54) is 0 Å². The van der Waals surface area contributed by atoms with Crippen LogP contribution in [0.1, 0.15) is 24.3 Å². The number of hydrogen-bond donors (Lipinski definition) is 1. The first-order chi connectivity index (χ1) is 8.20. The van der Waals surface area contributed by atoms with Gasteiger partial charge in [0.15, 0.2) is 0 Å². The van der Waals surface area contributed by atoms with Crippen molar-refractivity contribution in [1.29, 1.82) is 0 Å². The summed E-state index contributed by atoms with van der Waals surface area (Å²) in [5.41, 5.74) is 0.542. The van der Waals surface area contributed by atoms with Crippen LogP contribution in [0.25, 0.3) is 0 Å². The Morgan fingerprint density at radius 3 is 3.00 bits per heavy atom. The van der Waals surface area contributed by atoms with E-state index in [0.29, 0.717) is 11.6 Å². The number of carbonyl (C=O) groups excluding carboxylic acids is 1. The molecule has 1 fully saturated rings. The fourth-order valence-electron chi connectivity index (χ4n) is 2.21. The molecule has 1 aliphatic heterocycles. The van der Waals surface area contributed by atoms with Crippen molar-refractivity contribution in [3.05, 3.63) is 30.1 Å². The molecule has 1 atom stereocenters. The second kappa shape index (κ2) is 5.27. The second-order valence-corrected chi connectivity index (χ2v) is 4.73. The summed E-state index contributed by atoms with van der Waals surface area (Å²) in [6.07, 6.45) is 1.67. The molecule has 0 aromatic carbocycles. The third-order valence-corrected chi connectivity index (χ3v) is 3.20. The van der Waals surface area contributed by atoms with Gasteiger partial charge in [0, 0.05) is 31.9 Å². The first-order valence-electron chi connectivity index (χ1n) is 6.13. The van der Waals surface area contributed by atoms with Gasteiger partial charge in [0.1, 0.15) is 5.69 Å². The minimum Gasteiger partial charge on any atom is -0.332 e. The van der Waals surface area contributed by atoms with Gasteiger partial charge in [0.05, 0.1) is 0 Å². The number of amides is 1. The predicted octanol–water partition coefficient (Wildman–Crippen LogP) is 1.15. The Labute approximate surface area is 102 Å². The van der Waals surface area contributed by atoms with Crippen LogP contribution in [0.2, 0.25) is 0 Å². The van der Waals surface area contributed by atoms with Crippen LogP contribution >= 0.6 is 0 Å². The molecule has 2 heterocycles. The van der Waals surface area contributed by atoms with Gasteiger partial charge >= 0.3 is 0 Å². The van der Waals surface area contributed by atoms with E-state index in [1.54, 1.807) is 12.3 Å². The van der Waals surface area contributed by atoms with Gasteiger partial charge in [-0.3, -0.25) is 9.78 Å². The van der Waals surface area contributed by atoms with Crippen LogP contribution in [0.5, 0.6) is 0 Å². The Kier molecular flexibility index (Phi) is 3.74. The quantitative estimate of drug-likeness (QED) is 0.833. The lowest BCUT2D eigenvalue weighted by Crippen LogP contribution is -2.55. The first kappa shape index (κ1) is 12.0. The summed E-state index contributed by atoms with van der Waals surface area (Å²) in [5.74, 6) is 0.501. The average Bonchev–Trinajstić information content (AvgIpc) is 2.39. The van der Waals surface area contributed by atoms with Crippen molar-refractivity contribution in [2.45, 2.75) is 19.9 Å². The van der Waals surface area contributed by atoms with Crippen molar-refractivity contribution >= 4 is 5.91 Å². The first-order valence-corrected chi connectivity index (χ1v) is 6.13. The van der Waals surface area contributed by atoms with Crippen LogP contribution in [0.15, 0.2) is 24.4 Å². The monoisotopic (exact) mass is 233 g/mol. The molecular weight excluding hydrogens is 214 g/mol. The fourth-order valence-corrected chi connectivity index (χ4v) is 2.21. The molecule has 0 aliphatic carbocycles. The number of piperazine rings is 1. The molecule has 1 unspecified atom stereocenters. The summed E-state index contributed by atoms with van der Waals surface area (Å²) < 4.78 is 0. The third-order valence-electron chi connectivity index (χ3n) is 3.20. The van der Waals surface area contributed by atoms with Gasteiger partial charge in [-0.25, -0.2) is 0 Å². The van der Waals surface area contributed by atoms with E-state index < -0.39 is 0 Å². The Morgan fingerprint density at radius 2 is 2.35 bits per heavy atom. The maximum atomic E-state index is 12.4. The zero-order chi connectivity index (χ0) is 12.3. The summed E-state index contributed by atoms with van der Waals surface area (Å²) >= 11 is 0. The van der Waals surface area contributed by atoms with Crippen LogP contribution in [0.4, 0.5) is 0 Å². The smallest absolute Gasteiger partial charge is 0.272 e. The van der Waals surface area contributed by atoms with Crippen molar-refractivity contribution in [3.8, 4) is 0 Å². The van der Waals surface area contributed by atoms with Gasteiger partial charge < -0.3 is 10.2 Å². The minimum atomic E-state index is 0.0470. The highest BCUT2D eigenvalue weighted by Crippen LogP contribution is 2.15. The zero-order valence-electron chi connectivity index (χ0n) is 10.4. The van der Waals surface area contributed by atoms with Crippen molar-refractivity contribution in [2.75, 3.05) is 19.6 Å². The van der Waals surface area contributed by atoms with Crippen LogP contribution in [-0.4, -0.2) is 41.5 Å². The average molecular weight is 233 g/mol. The van der Waals surface area contributed by atoms with Gasteiger partial charge in [0.25, 0.3) is 5.91 Å². The number of nitrogens with one attached hydrogen (secondary N) is 1. The summed E-state index contributed by atoms with van der Waals surface area (Å²) in [6, 6.07) is 5.72. The molecule has 1 aromatic heterocycles. The van der Waals surface area contributed by atoms with E-state index in [9.17, 15) is 4.79 Å². The molecule has 0 saturated carbocycles. The van der Waals surface area contributed by atoms with E-state index >= 15 is 0 Å². The largest absolute Gasteiger partial charge is 0.332 e. The molecule has 4 nitrogen and oxygen atoms in total. The van der Waals surface area contributed by atoms with Crippen LogP contribution in [0, 0.1) is 5.92 Å². The highest BCUT2D eigenvalue weighted by atomic mass is 16.2. The number of rotatable bonds is 2. The summed E-state index contributed by atoms with van der Waals surface area (Å²) in [7, 11) is 0. The number of nitrogens with zero attached hydrogens (tertiary/aromatic N) is 2. The molecule has 2 rings (SSSR count). The molecule has 0 spiro atoms. The molecule has 1 saturated heterocycles. The SMILES string of the molecule is CC(C)C1CNCCN1C(=O)c1ccccn1. The highest BCUT2D eigenvalue weighted by Gasteiger charge is 2.29. The zero-order valence-corrected chi connectivity index (χ0v) is 10.4. The van der Waals surface area contributed by atoms with Gasteiger partial charge in [-0.2, -0.15) is 0 Å². The molecule has 1 N–H and O–H groups in total. The molecule has 0 radical (unpaired) electrons. The molecule has 0 bridgehead atoms. The minimum absolute atomic E-state index is 0.0470. The number of aromatic nitrogens is 1. The van der Waals surface area contributed by atoms with Gasteiger partial charge in [-0.1, -0.05) is 19.9 Å². The maximum Gasteiger partial charge on any atom is 0.272 e. The Balaban J connectivity index is 2.17. The standard InChI is InChI=1S/C13H19N3O/c1-10(2)12-9-14-7-8-16(12)13(17)11-5-3-4-6-15-11/h3-6,10,12,14H,7-9H2,1-2H3. The Morgan fingerprint density at radius 1 is 1.53 bits per heavy atom. The highest BCUT2D eigenvalue weighted by molar-refractivity contribution is 5.92. The fraction of sp³-hybridized carbons (Fsp3) is 0.538. The maximum absolute atomic E-state index is 12.4.